The first-order valence-corrected chi connectivity index (χ1v) is 10.4. The van der Waals surface area contributed by atoms with Gasteiger partial charge in [0.15, 0.2) is 0 Å². The van der Waals surface area contributed by atoms with Crippen molar-refractivity contribution in [3.05, 3.63) is 83.4 Å². The fourth-order valence-electron chi connectivity index (χ4n) is 4.06. The van der Waals surface area contributed by atoms with Crippen molar-refractivity contribution in [2.24, 2.45) is 17.8 Å². The summed E-state index contributed by atoms with van der Waals surface area (Å²) >= 11 is 0. The molecule has 2 aliphatic carbocycles. The number of rotatable bonds is 6. The zero-order valence-corrected chi connectivity index (χ0v) is 17.3. The van der Waals surface area contributed by atoms with Gasteiger partial charge in [0, 0.05) is 6.08 Å². The van der Waals surface area contributed by atoms with Crippen molar-refractivity contribution in [2.45, 2.75) is 39.7 Å². The Hall–Kier alpha value is -2.81. The van der Waals surface area contributed by atoms with E-state index in [4.69, 9.17) is 9.84 Å². The predicted molar refractivity (Wildman–Crippen MR) is 118 cm³/mol. The lowest BCUT2D eigenvalue weighted by Crippen LogP contribution is -2.04. The van der Waals surface area contributed by atoms with E-state index in [0.29, 0.717) is 6.61 Å². The van der Waals surface area contributed by atoms with Crippen LogP contribution in [0.4, 0.5) is 0 Å². The van der Waals surface area contributed by atoms with Gasteiger partial charge in [0.25, 0.3) is 0 Å². The van der Waals surface area contributed by atoms with Crippen LogP contribution in [0.2, 0.25) is 0 Å². The number of aliphatic carboxylic acids is 1. The summed E-state index contributed by atoms with van der Waals surface area (Å²) in [6.45, 7) is 4.89. The monoisotopic (exact) mass is 390 g/mol. The number of benzene rings is 2. The number of carboxylic acid groups (broad SMARTS) is 1. The quantitative estimate of drug-likeness (QED) is 0.466. The maximum absolute atomic E-state index is 10.4. The van der Waals surface area contributed by atoms with Gasteiger partial charge in [-0.15, -0.1) is 0 Å². The van der Waals surface area contributed by atoms with Gasteiger partial charge in [-0.2, -0.15) is 0 Å². The number of ether oxygens (including phenoxy) is 1. The third-order valence-electron chi connectivity index (χ3n) is 5.77. The highest BCUT2D eigenvalue weighted by Crippen LogP contribution is 2.44. The molecule has 2 aromatic carbocycles. The van der Waals surface area contributed by atoms with Crippen LogP contribution in [0.3, 0.4) is 0 Å². The number of allylic oxidation sites excluding steroid dienone is 2. The fraction of sp³-hybridized carbons (Fsp3) is 0.346. The number of aryl methyl sites for hydroxylation is 1. The van der Waals surface area contributed by atoms with Crippen LogP contribution in [-0.4, -0.2) is 11.1 Å². The average molecular weight is 391 g/mol. The van der Waals surface area contributed by atoms with E-state index in [9.17, 15) is 4.79 Å². The van der Waals surface area contributed by atoms with Crippen LogP contribution in [0, 0.1) is 24.7 Å². The second-order valence-corrected chi connectivity index (χ2v) is 7.96. The highest BCUT2D eigenvalue weighted by Gasteiger charge is 2.33. The predicted octanol–water partition coefficient (Wildman–Crippen LogP) is 6.28. The minimum atomic E-state index is -0.954. The number of carbonyl (C=O) groups is 1. The van der Waals surface area contributed by atoms with Gasteiger partial charge in [0.1, 0.15) is 12.4 Å². The van der Waals surface area contributed by atoms with Gasteiger partial charge in [-0.25, -0.2) is 4.79 Å². The van der Waals surface area contributed by atoms with E-state index >= 15 is 0 Å². The van der Waals surface area contributed by atoms with Crippen molar-refractivity contribution in [1.82, 2.24) is 0 Å². The Morgan fingerprint density at radius 1 is 1.07 bits per heavy atom. The lowest BCUT2D eigenvalue weighted by Gasteiger charge is -2.14. The molecule has 2 aliphatic rings. The molecule has 3 atom stereocenters. The van der Waals surface area contributed by atoms with E-state index in [0.717, 1.165) is 40.7 Å². The smallest absolute Gasteiger partial charge is 0.328 e. The zero-order valence-electron chi connectivity index (χ0n) is 17.3. The maximum Gasteiger partial charge on any atom is 0.328 e. The van der Waals surface area contributed by atoms with E-state index in [1.54, 1.807) is 6.08 Å². The molecule has 4 rings (SSSR count). The number of fused-ring (bicyclic) bond motifs is 2. The number of hydrogen-bond donors (Lipinski definition) is 1. The van der Waals surface area contributed by atoms with E-state index in [2.05, 4.69) is 31.2 Å². The van der Waals surface area contributed by atoms with Crippen LogP contribution < -0.4 is 4.74 Å². The summed E-state index contributed by atoms with van der Waals surface area (Å²) in [5.41, 5.74) is 3.17. The topological polar surface area (TPSA) is 46.5 Å². The van der Waals surface area contributed by atoms with Crippen LogP contribution in [0.15, 0.2) is 66.8 Å². The molecule has 29 heavy (non-hydrogen) atoms. The van der Waals surface area contributed by atoms with Gasteiger partial charge in [0.2, 0.25) is 0 Å². The summed E-state index contributed by atoms with van der Waals surface area (Å²) in [5, 5.41) is 8.55. The third kappa shape index (κ3) is 6.35. The molecule has 3 unspecified atom stereocenters. The van der Waals surface area contributed by atoms with Crippen molar-refractivity contribution in [1.29, 1.82) is 0 Å². The molecule has 0 amide bonds. The van der Waals surface area contributed by atoms with Gasteiger partial charge < -0.3 is 9.84 Å². The molecule has 1 saturated carbocycles. The highest BCUT2D eigenvalue weighted by molar-refractivity contribution is 5.85. The molecule has 0 aliphatic heterocycles. The summed E-state index contributed by atoms with van der Waals surface area (Å²) in [6, 6.07) is 15.5. The minimum Gasteiger partial charge on any atom is -0.489 e. The fourth-order valence-corrected chi connectivity index (χ4v) is 4.06. The lowest BCUT2D eigenvalue weighted by molar-refractivity contribution is -0.131. The third-order valence-corrected chi connectivity index (χ3v) is 5.77. The number of hydrogen-bond acceptors (Lipinski definition) is 2. The van der Waals surface area contributed by atoms with Crippen LogP contribution in [0.5, 0.6) is 5.75 Å². The molecule has 1 fully saturated rings. The molecule has 0 heterocycles. The van der Waals surface area contributed by atoms with Gasteiger partial charge in [0.05, 0.1) is 0 Å². The Balaban J connectivity index is 0.000000220. The molecule has 1 N–H and O–H groups in total. The Morgan fingerprint density at radius 2 is 1.79 bits per heavy atom. The van der Waals surface area contributed by atoms with Gasteiger partial charge >= 0.3 is 5.97 Å². The molecule has 2 bridgehead atoms. The summed E-state index contributed by atoms with van der Waals surface area (Å²) < 4.78 is 5.67. The van der Waals surface area contributed by atoms with Gasteiger partial charge in [-0.1, -0.05) is 67.5 Å². The zero-order chi connectivity index (χ0) is 20.6. The normalized spacial score (nSPS) is 21.8. The molecule has 2 aromatic rings. The Kier molecular flexibility index (Phi) is 7.29. The highest BCUT2D eigenvalue weighted by atomic mass is 16.5. The summed E-state index contributed by atoms with van der Waals surface area (Å²) in [7, 11) is 0. The molecular weight excluding hydrogens is 360 g/mol. The summed E-state index contributed by atoms with van der Waals surface area (Å²) in [4.78, 5) is 10.4. The average Bonchev–Trinajstić information content (AvgIpc) is 3.36. The molecule has 0 saturated heterocycles. The van der Waals surface area contributed by atoms with Gasteiger partial charge in [-0.3, -0.25) is 0 Å². The second kappa shape index (κ2) is 10.1. The Morgan fingerprint density at radius 3 is 2.31 bits per heavy atom. The second-order valence-electron chi connectivity index (χ2n) is 7.96. The first-order valence-electron chi connectivity index (χ1n) is 10.4. The molecule has 0 aromatic heterocycles. The van der Waals surface area contributed by atoms with Crippen molar-refractivity contribution in [3.63, 3.8) is 0 Å². The largest absolute Gasteiger partial charge is 0.489 e. The number of carboxylic acids is 1. The summed E-state index contributed by atoms with van der Waals surface area (Å²) in [6.07, 6.45) is 11.9. The Labute approximate surface area is 173 Å². The molecule has 3 nitrogen and oxygen atoms in total. The molecule has 0 spiro atoms. The van der Waals surface area contributed by atoms with E-state index in [1.807, 2.05) is 43.3 Å². The van der Waals surface area contributed by atoms with Crippen molar-refractivity contribution < 1.29 is 14.6 Å². The van der Waals surface area contributed by atoms with Gasteiger partial charge in [-0.05, 0) is 66.9 Å². The molecule has 3 heteroatoms. The van der Waals surface area contributed by atoms with Crippen LogP contribution >= 0.6 is 0 Å². The van der Waals surface area contributed by atoms with E-state index < -0.39 is 5.97 Å². The molecular formula is C26H30O3. The SMILES string of the molecule is CCC1CC2C=CC1C2.Cc1ccc(COc2ccc(C=CC(=O)O)cc2)cc1. The molecule has 0 radical (unpaired) electrons. The van der Waals surface area contributed by atoms with Crippen molar-refractivity contribution >= 4 is 12.0 Å². The first kappa shape index (κ1) is 20.9. The molecule has 152 valence electrons. The minimum absolute atomic E-state index is 0.518. The van der Waals surface area contributed by atoms with Crippen LogP contribution in [0.25, 0.3) is 6.08 Å². The summed E-state index contributed by atoms with van der Waals surface area (Å²) in [5.74, 6) is 2.79. The Bertz CT molecular complexity index is 847. The lowest BCUT2D eigenvalue weighted by atomic mass is 9.91. The maximum atomic E-state index is 10.4. The van der Waals surface area contributed by atoms with Crippen LogP contribution in [-0.2, 0) is 11.4 Å². The van der Waals surface area contributed by atoms with E-state index in [1.165, 1.54) is 24.8 Å². The van der Waals surface area contributed by atoms with E-state index in [-0.39, 0.29) is 0 Å². The van der Waals surface area contributed by atoms with Crippen molar-refractivity contribution in [3.8, 4) is 5.75 Å². The standard InChI is InChI=1S/C17H16O3.C9H14/c1-13-2-4-15(5-3-13)12-20-16-9-6-14(7-10-16)8-11-17(18)19;1-2-8-5-7-3-4-9(8)6-7/h2-11H,12H2,1H3,(H,18,19);3-4,7-9H,2,5-6H2,1H3. The van der Waals surface area contributed by atoms with Crippen molar-refractivity contribution in [2.75, 3.05) is 0 Å². The first-order chi connectivity index (χ1) is 14.0. The van der Waals surface area contributed by atoms with Crippen LogP contribution in [0.1, 0.15) is 42.9 Å².